The molecule has 2 aliphatic rings. The number of urea groups is 1. The lowest BCUT2D eigenvalue weighted by Gasteiger charge is -2.40. The molecular formula is C27H26F3N3O2. The average Bonchev–Trinajstić information content (AvgIpc) is 3.18. The van der Waals surface area contributed by atoms with Crippen LogP contribution in [0, 0.1) is 17.5 Å². The Labute approximate surface area is 202 Å². The van der Waals surface area contributed by atoms with Crippen LogP contribution in [-0.4, -0.2) is 37.7 Å². The highest BCUT2D eigenvalue weighted by molar-refractivity contribution is 6.03. The quantitative estimate of drug-likeness (QED) is 0.520. The van der Waals surface area contributed by atoms with Gasteiger partial charge in [-0.3, -0.25) is 9.80 Å². The zero-order chi connectivity index (χ0) is 24.6. The van der Waals surface area contributed by atoms with E-state index in [1.165, 1.54) is 30.3 Å². The minimum atomic E-state index is -0.845. The average molecular weight is 482 g/mol. The Kier molecular flexibility index (Phi) is 6.15. The fourth-order valence-corrected chi connectivity index (χ4v) is 5.14. The van der Waals surface area contributed by atoms with Crippen molar-refractivity contribution in [2.45, 2.75) is 24.8 Å². The summed E-state index contributed by atoms with van der Waals surface area (Å²) in [6, 6.07) is 15.2. The highest BCUT2D eigenvalue weighted by atomic mass is 19.2. The van der Waals surface area contributed by atoms with Gasteiger partial charge < -0.3 is 10.1 Å². The summed E-state index contributed by atoms with van der Waals surface area (Å²) in [6.07, 6.45) is 1.61. The Morgan fingerprint density at radius 3 is 2.40 bits per heavy atom. The molecule has 5 nitrogen and oxygen atoms in total. The van der Waals surface area contributed by atoms with Gasteiger partial charge >= 0.3 is 6.03 Å². The number of anilines is 2. The minimum absolute atomic E-state index is 0.242. The topological polar surface area (TPSA) is 44.8 Å². The normalized spacial score (nSPS) is 16.9. The van der Waals surface area contributed by atoms with Crippen LogP contribution in [0.4, 0.5) is 29.3 Å². The van der Waals surface area contributed by atoms with Crippen molar-refractivity contribution in [3.8, 4) is 5.75 Å². The van der Waals surface area contributed by atoms with Crippen molar-refractivity contribution in [1.82, 2.24) is 4.90 Å². The van der Waals surface area contributed by atoms with Crippen LogP contribution in [0.25, 0.3) is 0 Å². The Balaban J connectivity index is 1.35. The lowest BCUT2D eigenvalue weighted by molar-refractivity contribution is 0.159. The Bertz CT molecular complexity index is 1240. The van der Waals surface area contributed by atoms with E-state index in [4.69, 9.17) is 4.74 Å². The predicted octanol–water partition coefficient (Wildman–Crippen LogP) is 5.70. The van der Waals surface area contributed by atoms with Crippen molar-refractivity contribution in [2.75, 3.05) is 37.0 Å². The van der Waals surface area contributed by atoms with E-state index in [1.807, 2.05) is 18.2 Å². The van der Waals surface area contributed by atoms with Crippen molar-refractivity contribution in [3.05, 3.63) is 89.2 Å². The van der Waals surface area contributed by atoms with Crippen LogP contribution in [0.15, 0.2) is 60.7 Å². The van der Waals surface area contributed by atoms with Crippen molar-refractivity contribution >= 4 is 17.4 Å². The first-order valence-electron chi connectivity index (χ1n) is 11.6. The molecule has 1 fully saturated rings. The number of fused-ring (bicyclic) bond motifs is 2. The lowest BCUT2D eigenvalue weighted by atomic mass is 9.74. The summed E-state index contributed by atoms with van der Waals surface area (Å²) in [6.45, 7) is 2.56. The number of piperidine rings is 1. The van der Waals surface area contributed by atoms with Crippen LogP contribution in [0.2, 0.25) is 0 Å². The number of halogens is 3. The molecule has 35 heavy (non-hydrogen) atoms. The number of likely N-dealkylation sites (tertiary alicyclic amines) is 1. The van der Waals surface area contributed by atoms with Gasteiger partial charge in [0.05, 0.1) is 7.11 Å². The lowest BCUT2D eigenvalue weighted by Crippen LogP contribution is -2.46. The van der Waals surface area contributed by atoms with Crippen LogP contribution >= 0.6 is 0 Å². The van der Waals surface area contributed by atoms with Crippen molar-refractivity contribution in [3.63, 3.8) is 0 Å². The number of amides is 2. The molecule has 182 valence electrons. The van der Waals surface area contributed by atoms with Crippen LogP contribution < -0.4 is 15.0 Å². The molecule has 0 aromatic heterocycles. The van der Waals surface area contributed by atoms with E-state index in [9.17, 15) is 18.0 Å². The second-order valence-electron chi connectivity index (χ2n) is 9.21. The maximum absolute atomic E-state index is 13.6. The van der Waals surface area contributed by atoms with Crippen LogP contribution in [-0.2, 0) is 12.0 Å². The highest BCUT2D eigenvalue weighted by Gasteiger charge is 2.46. The SMILES string of the molecule is COc1ccc2c(c1)C1(CCN(Cc3ccc(F)c(F)c3)CC1)CN2C(=O)Nc1ccc(F)cc1. The van der Waals surface area contributed by atoms with Gasteiger partial charge in [0.2, 0.25) is 0 Å². The minimum Gasteiger partial charge on any atom is -0.497 e. The van der Waals surface area contributed by atoms with E-state index < -0.39 is 11.6 Å². The molecule has 3 aromatic carbocycles. The number of nitrogens with zero attached hydrogens (tertiary/aromatic N) is 2. The van der Waals surface area contributed by atoms with E-state index in [-0.39, 0.29) is 17.3 Å². The summed E-state index contributed by atoms with van der Waals surface area (Å²) in [5.41, 5.74) is 2.91. The third kappa shape index (κ3) is 4.58. The molecule has 0 radical (unpaired) electrons. The van der Waals surface area contributed by atoms with E-state index in [1.54, 1.807) is 18.1 Å². The molecule has 0 atom stereocenters. The smallest absolute Gasteiger partial charge is 0.326 e. The molecule has 2 heterocycles. The van der Waals surface area contributed by atoms with Crippen molar-refractivity contribution < 1.29 is 22.7 Å². The van der Waals surface area contributed by atoms with Crippen molar-refractivity contribution in [1.29, 1.82) is 0 Å². The number of benzene rings is 3. The largest absolute Gasteiger partial charge is 0.497 e. The number of rotatable bonds is 4. The predicted molar refractivity (Wildman–Crippen MR) is 128 cm³/mol. The van der Waals surface area contributed by atoms with Crippen LogP contribution in [0.5, 0.6) is 5.75 Å². The maximum atomic E-state index is 13.6. The Morgan fingerprint density at radius 1 is 0.971 bits per heavy atom. The number of carbonyl (C=O) groups excluding carboxylic acids is 1. The molecule has 0 saturated carbocycles. The zero-order valence-electron chi connectivity index (χ0n) is 19.4. The van der Waals surface area contributed by atoms with E-state index in [2.05, 4.69) is 10.2 Å². The Hall–Kier alpha value is -3.52. The molecule has 2 amide bonds. The fraction of sp³-hybridized carbons (Fsp3) is 0.296. The molecule has 1 N–H and O–H groups in total. The van der Waals surface area contributed by atoms with Gasteiger partial charge in [-0.05, 0) is 91.7 Å². The zero-order valence-corrected chi connectivity index (χ0v) is 19.4. The first-order chi connectivity index (χ1) is 16.9. The monoisotopic (exact) mass is 481 g/mol. The first kappa shape index (κ1) is 23.2. The number of hydrogen-bond donors (Lipinski definition) is 1. The maximum Gasteiger partial charge on any atom is 0.326 e. The number of methoxy groups -OCH3 is 1. The van der Waals surface area contributed by atoms with Crippen LogP contribution in [0.1, 0.15) is 24.0 Å². The summed E-state index contributed by atoms with van der Waals surface area (Å²) >= 11 is 0. The molecular weight excluding hydrogens is 455 g/mol. The van der Waals surface area contributed by atoms with Gasteiger partial charge in [0.1, 0.15) is 11.6 Å². The summed E-state index contributed by atoms with van der Waals surface area (Å²) < 4.78 is 45.7. The van der Waals surface area contributed by atoms with Crippen LogP contribution in [0.3, 0.4) is 0 Å². The molecule has 1 saturated heterocycles. The second kappa shape index (κ2) is 9.26. The summed E-state index contributed by atoms with van der Waals surface area (Å²) in [5, 5.41) is 2.87. The van der Waals surface area contributed by atoms with Gasteiger partial charge in [-0.25, -0.2) is 18.0 Å². The molecule has 8 heteroatoms. The molecule has 1 spiro atoms. The van der Waals surface area contributed by atoms with Gasteiger partial charge in [0, 0.05) is 29.9 Å². The third-order valence-electron chi connectivity index (χ3n) is 7.07. The van der Waals surface area contributed by atoms with Gasteiger partial charge in [-0.1, -0.05) is 6.07 Å². The highest BCUT2D eigenvalue weighted by Crippen LogP contribution is 2.48. The molecule has 0 aliphatic carbocycles. The van der Waals surface area contributed by atoms with Gasteiger partial charge in [0.25, 0.3) is 0 Å². The summed E-state index contributed by atoms with van der Waals surface area (Å²) in [5.74, 6) is -1.32. The number of hydrogen-bond acceptors (Lipinski definition) is 3. The van der Waals surface area contributed by atoms with E-state index in [0.717, 1.165) is 54.6 Å². The number of nitrogens with one attached hydrogen (secondary N) is 1. The standard InChI is InChI=1S/C27H26F3N3O2/c1-35-21-7-9-25-22(15-21)27(17-33(25)26(34)31-20-5-3-19(28)4-6-20)10-12-32(13-11-27)16-18-2-8-23(29)24(30)14-18/h2-9,14-15H,10-13,16-17H2,1H3,(H,31,34). The van der Waals surface area contributed by atoms with Gasteiger partial charge in [-0.2, -0.15) is 0 Å². The first-order valence-corrected chi connectivity index (χ1v) is 11.6. The Morgan fingerprint density at radius 2 is 1.71 bits per heavy atom. The molecule has 5 rings (SSSR count). The summed E-state index contributed by atoms with van der Waals surface area (Å²) in [7, 11) is 1.62. The fourth-order valence-electron chi connectivity index (χ4n) is 5.14. The molecule has 0 unspecified atom stereocenters. The van der Waals surface area contributed by atoms with Gasteiger partial charge in [0.15, 0.2) is 11.6 Å². The molecule has 3 aromatic rings. The van der Waals surface area contributed by atoms with Gasteiger partial charge in [-0.15, -0.1) is 0 Å². The number of carbonyl (C=O) groups is 1. The van der Waals surface area contributed by atoms with Crippen molar-refractivity contribution in [2.24, 2.45) is 0 Å². The van der Waals surface area contributed by atoms with E-state index in [0.29, 0.717) is 18.8 Å². The number of ether oxygens (including phenoxy) is 1. The van der Waals surface area contributed by atoms with E-state index >= 15 is 0 Å². The molecule has 0 bridgehead atoms. The molecule has 2 aliphatic heterocycles. The second-order valence-corrected chi connectivity index (χ2v) is 9.21. The summed E-state index contributed by atoms with van der Waals surface area (Å²) in [4.78, 5) is 17.2. The third-order valence-corrected chi connectivity index (χ3v) is 7.07.